The quantitative estimate of drug-likeness (QED) is 0.644. The number of nitrogens with one attached hydrogen (secondary N) is 2. The van der Waals surface area contributed by atoms with Gasteiger partial charge in [0.25, 0.3) is 17.7 Å². The number of fused-ring (bicyclic) bond motifs is 1. The highest BCUT2D eigenvalue weighted by Crippen LogP contribution is 2.26. The predicted octanol–water partition coefficient (Wildman–Crippen LogP) is 2.33. The van der Waals surface area contributed by atoms with Crippen molar-refractivity contribution in [2.75, 3.05) is 5.32 Å². The normalized spacial score (nSPS) is 16.7. The van der Waals surface area contributed by atoms with Gasteiger partial charge in [0, 0.05) is 16.3 Å². The molecule has 1 aliphatic heterocycles. The Balaban J connectivity index is 1.94. The summed E-state index contributed by atoms with van der Waals surface area (Å²) < 4.78 is 0. The van der Waals surface area contributed by atoms with Crippen LogP contribution >= 0.6 is 23.8 Å². The fourth-order valence-corrected chi connectivity index (χ4v) is 2.70. The molecule has 0 bridgehead atoms. The number of amides is 3. The average Bonchev–Trinajstić information content (AvgIpc) is 2.77. The summed E-state index contributed by atoms with van der Waals surface area (Å²) in [5, 5.41) is 5.25. The standard InChI is InChI=1S/C15H9ClN2O3S/c16-7-4-5-11(22)9(6-7)14(20)17-10-3-1-2-8-12(10)15(21)18-13(8)19/h1-4,6H,5H2,(H,17,20)(H,18,19,21). The lowest BCUT2D eigenvalue weighted by Gasteiger charge is -2.13. The second-order valence-electron chi connectivity index (χ2n) is 4.74. The third kappa shape index (κ3) is 2.47. The van der Waals surface area contributed by atoms with E-state index in [0.717, 1.165) is 0 Å². The van der Waals surface area contributed by atoms with Crippen LogP contribution in [0.3, 0.4) is 0 Å². The van der Waals surface area contributed by atoms with Crippen molar-refractivity contribution in [1.29, 1.82) is 0 Å². The van der Waals surface area contributed by atoms with Crippen molar-refractivity contribution in [3.05, 3.63) is 52.1 Å². The van der Waals surface area contributed by atoms with Crippen molar-refractivity contribution >= 4 is 52.1 Å². The molecule has 0 fully saturated rings. The fourth-order valence-electron chi connectivity index (χ4n) is 2.28. The number of allylic oxidation sites excluding steroid dienone is 3. The zero-order valence-electron chi connectivity index (χ0n) is 11.1. The zero-order valence-corrected chi connectivity index (χ0v) is 12.7. The SMILES string of the molecule is O=C(Nc1cccc2c1C(=O)NC2=O)C1=CC(Cl)=CCC1=S. The largest absolute Gasteiger partial charge is 0.321 e. The summed E-state index contributed by atoms with van der Waals surface area (Å²) >= 11 is 11.0. The number of hydrogen-bond acceptors (Lipinski definition) is 4. The molecule has 0 aromatic heterocycles. The molecule has 2 N–H and O–H groups in total. The molecule has 2 aliphatic rings. The smallest absolute Gasteiger partial charge is 0.261 e. The summed E-state index contributed by atoms with van der Waals surface area (Å²) in [6.45, 7) is 0. The van der Waals surface area contributed by atoms with E-state index in [9.17, 15) is 14.4 Å². The van der Waals surface area contributed by atoms with Gasteiger partial charge in [0.1, 0.15) is 0 Å². The zero-order chi connectivity index (χ0) is 15.9. The second kappa shape index (κ2) is 5.47. The van der Waals surface area contributed by atoms with Gasteiger partial charge in [-0.05, 0) is 18.2 Å². The van der Waals surface area contributed by atoms with Crippen LogP contribution in [0.1, 0.15) is 27.1 Å². The summed E-state index contributed by atoms with van der Waals surface area (Å²) in [6, 6.07) is 4.67. The number of rotatable bonds is 2. The van der Waals surface area contributed by atoms with Gasteiger partial charge in [-0.3, -0.25) is 19.7 Å². The minimum atomic E-state index is -0.533. The highest BCUT2D eigenvalue weighted by molar-refractivity contribution is 7.81. The van der Waals surface area contributed by atoms with Crippen molar-refractivity contribution in [3.63, 3.8) is 0 Å². The van der Waals surface area contributed by atoms with Gasteiger partial charge >= 0.3 is 0 Å². The molecule has 0 atom stereocenters. The topological polar surface area (TPSA) is 75.3 Å². The molecule has 0 saturated heterocycles. The maximum Gasteiger partial charge on any atom is 0.261 e. The highest BCUT2D eigenvalue weighted by atomic mass is 35.5. The minimum Gasteiger partial charge on any atom is -0.321 e. The van der Waals surface area contributed by atoms with Gasteiger partial charge in [0.05, 0.1) is 22.4 Å². The molecule has 3 rings (SSSR count). The molecule has 0 unspecified atom stereocenters. The first-order valence-electron chi connectivity index (χ1n) is 6.38. The Hall–Kier alpha value is -2.31. The molecule has 0 radical (unpaired) electrons. The van der Waals surface area contributed by atoms with Crippen LogP contribution in [0.4, 0.5) is 5.69 Å². The van der Waals surface area contributed by atoms with Gasteiger partial charge in [-0.1, -0.05) is 36.0 Å². The summed E-state index contributed by atoms with van der Waals surface area (Å²) in [4.78, 5) is 36.2. The third-order valence-corrected chi connectivity index (χ3v) is 3.97. The van der Waals surface area contributed by atoms with E-state index >= 15 is 0 Å². The van der Waals surface area contributed by atoms with Crippen molar-refractivity contribution in [2.24, 2.45) is 0 Å². The Morgan fingerprint density at radius 3 is 2.82 bits per heavy atom. The number of hydrogen-bond donors (Lipinski definition) is 2. The van der Waals surface area contributed by atoms with Crippen LogP contribution in [0.5, 0.6) is 0 Å². The predicted molar refractivity (Wildman–Crippen MR) is 86.1 cm³/mol. The van der Waals surface area contributed by atoms with Crippen LogP contribution in [0.15, 0.2) is 41.0 Å². The lowest BCUT2D eigenvalue weighted by Crippen LogP contribution is -2.23. The van der Waals surface area contributed by atoms with E-state index in [4.69, 9.17) is 23.8 Å². The summed E-state index contributed by atoms with van der Waals surface area (Å²) in [6.07, 6.45) is 3.61. The van der Waals surface area contributed by atoms with Crippen molar-refractivity contribution in [2.45, 2.75) is 6.42 Å². The molecule has 0 saturated carbocycles. The molecular weight excluding hydrogens is 324 g/mol. The summed E-state index contributed by atoms with van der Waals surface area (Å²) in [7, 11) is 0. The van der Waals surface area contributed by atoms with Crippen molar-refractivity contribution < 1.29 is 14.4 Å². The molecule has 5 nitrogen and oxygen atoms in total. The first-order valence-corrected chi connectivity index (χ1v) is 7.16. The van der Waals surface area contributed by atoms with E-state index in [1.54, 1.807) is 18.2 Å². The summed E-state index contributed by atoms with van der Waals surface area (Å²) in [5.41, 5.74) is 0.941. The Morgan fingerprint density at radius 1 is 1.27 bits per heavy atom. The van der Waals surface area contributed by atoms with Gasteiger partial charge in [-0.15, -0.1) is 0 Å². The monoisotopic (exact) mass is 332 g/mol. The third-order valence-electron chi connectivity index (χ3n) is 3.32. The van der Waals surface area contributed by atoms with Crippen LogP contribution in [-0.4, -0.2) is 22.6 Å². The van der Waals surface area contributed by atoms with Gasteiger partial charge in [0.15, 0.2) is 0 Å². The highest BCUT2D eigenvalue weighted by Gasteiger charge is 2.30. The van der Waals surface area contributed by atoms with E-state index in [-0.39, 0.29) is 22.4 Å². The Morgan fingerprint density at radius 2 is 2.05 bits per heavy atom. The Kier molecular flexibility index (Phi) is 3.64. The molecule has 22 heavy (non-hydrogen) atoms. The van der Waals surface area contributed by atoms with E-state index in [0.29, 0.717) is 16.3 Å². The number of carbonyl (C=O) groups excluding carboxylic acids is 3. The number of carbonyl (C=O) groups is 3. The number of benzene rings is 1. The molecule has 1 aliphatic carbocycles. The van der Waals surface area contributed by atoms with Crippen LogP contribution in [0.2, 0.25) is 0 Å². The minimum absolute atomic E-state index is 0.157. The molecule has 1 aromatic carbocycles. The fraction of sp³-hybridized carbons (Fsp3) is 0.0667. The van der Waals surface area contributed by atoms with E-state index in [1.165, 1.54) is 12.1 Å². The van der Waals surface area contributed by atoms with Crippen molar-refractivity contribution in [3.8, 4) is 0 Å². The lowest BCUT2D eigenvalue weighted by atomic mass is 10.0. The molecule has 3 amide bonds. The Labute approximate surface area is 136 Å². The van der Waals surface area contributed by atoms with Crippen LogP contribution < -0.4 is 10.6 Å². The molecular formula is C15H9ClN2O3S. The number of halogens is 1. The molecule has 110 valence electrons. The van der Waals surface area contributed by atoms with Gasteiger partial charge in [0.2, 0.25) is 0 Å². The number of anilines is 1. The van der Waals surface area contributed by atoms with Crippen LogP contribution in [-0.2, 0) is 4.79 Å². The maximum atomic E-state index is 12.3. The second-order valence-corrected chi connectivity index (χ2v) is 5.67. The van der Waals surface area contributed by atoms with Gasteiger partial charge in [-0.25, -0.2) is 0 Å². The van der Waals surface area contributed by atoms with E-state index in [1.807, 2.05) is 0 Å². The lowest BCUT2D eigenvalue weighted by molar-refractivity contribution is -0.112. The maximum absolute atomic E-state index is 12.3. The molecule has 7 heteroatoms. The first kappa shape index (κ1) is 14.6. The van der Waals surface area contributed by atoms with Crippen LogP contribution in [0, 0.1) is 0 Å². The first-order chi connectivity index (χ1) is 10.5. The molecule has 1 heterocycles. The summed E-state index contributed by atoms with van der Waals surface area (Å²) in [5.74, 6) is -1.47. The molecule has 1 aromatic rings. The van der Waals surface area contributed by atoms with E-state index in [2.05, 4.69) is 10.6 Å². The average molecular weight is 333 g/mol. The van der Waals surface area contributed by atoms with E-state index < -0.39 is 17.7 Å². The number of thiocarbonyl (C=S) groups is 1. The Bertz CT molecular complexity index is 811. The van der Waals surface area contributed by atoms with Crippen molar-refractivity contribution in [1.82, 2.24) is 5.32 Å². The van der Waals surface area contributed by atoms with Crippen LogP contribution in [0.25, 0.3) is 0 Å². The number of imide groups is 1. The molecule has 0 spiro atoms. The van der Waals surface area contributed by atoms with Gasteiger partial charge < -0.3 is 5.32 Å². The van der Waals surface area contributed by atoms with Gasteiger partial charge in [-0.2, -0.15) is 0 Å².